The summed E-state index contributed by atoms with van der Waals surface area (Å²) in [4.78, 5) is 17.1. The average Bonchev–Trinajstić information content (AvgIpc) is 3.26. The van der Waals surface area contributed by atoms with Gasteiger partial charge in [-0.1, -0.05) is 53.0 Å². The lowest BCUT2D eigenvalue weighted by molar-refractivity contribution is -0.115. The molecule has 0 atom stereocenters. The van der Waals surface area contributed by atoms with Gasteiger partial charge >= 0.3 is 0 Å². The van der Waals surface area contributed by atoms with Crippen molar-refractivity contribution < 1.29 is 9.21 Å². The second-order valence-electron chi connectivity index (χ2n) is 5.77. The van der Waals surface area contributed by atoms with Gasteiger partial charge in [-0.25, -0.2) is 4.99 Å². The first-order valence-corrected chi connectivity index (χ1v) is 10.0. The fourth-order valence-corrected chi connectivity index (χ4v) is 3.87. The molecule has 8 heteroatoms. The van der Waals surface area contributed by atoms with Gasteiger partial charge < -0.3 is 9.73 Å². The van der Waals surface area contributed by atoms with Crippen LogP contribution in [0.2, 0.25) is 15.1 Å². The van der Waals surface area contributed by atoms with Gasteiger partial charge in [-0.15, -0.1) is 0 Å². The fourth-order valence-electron chi connectivity index (χ4n) is 2.53. The number of rotatable bonds is 3. The van der Waals surface area contributed by atoms with Crippen molar-refractivity contribution in [3.05, 3.63) is 80.3 Å². The van der Waals surface area contributed by atoms with Crippen LogP contribution in [0.3, 0.4) is 0 Å². The Morgan fingerprint density at radius 1 is 1.04 bits per heavy atom. The smallest absolute Gasteiger partial charge is 0.264 e. The molecule has 0 spiro atoms. The third-order valence-corrected chi connectivity index (χ3v) is 5.77. The second-order valence-corrected chi connectivity index (χ2v) is 8.02. The van der Waals surface area contributed by atoms with Crippen molar-refractivity contribution >= 4 is 69.4 Å². The van der Waals surface area contributed by atoms with Crippen LogP contribution in [0.1, 0.15) is 5.76 Å². The van der Waals surface area contributed by atoms with Crippen LogP contribution in [0.5, 0.6) is 0 Å². The summed E-state index contributed by atoms with van der Waals surface area (Å²) in [6, 6.07) is 16.1. The van der Waals surface area contributed by atoms with Gasteiger partial charge in [0.05, 0.1) is 20.6 Å². The molecule has 0 aliphatic carbocycles. The number of hydrogen-bond donors (Lipinski definition) is 1. The maximum absolute atomic E-state index is 12.3. The number of benzene rings is 2. The first kappa shape index (κ1) is 19.2. The van der Waals surface area contributed by atoms with Gasteiger partial charge in [0.15, 0.2) is 5.17 Å². The van der Waals surface area contributed by atoms with E-state index in [1.807, 2.05) is 24.3 Å². The molecule has 1 saturated heterocycles. The lowest BCUT2D eigenvalue weighted by atomic mass is 10.2. The number of carbonyl (C=O) groups excluding carboxylic acids is 1. The molecule has 1 aliphatic rings. The summed E-state index contributed by atoms with van der Waals surface area (Å²) < 4.78 is 5.82. The number of thioether (sulfide) groups is 1. The highest BCUT2D eigenvalue weighted by Gasteiger charge is 2.24. The van der Waals surface area contributed by atoms with Crippen molar-refractivity contribution in [2.45, 2.75) is 0 Å². The Hall–Kier alpha value is -2.18. The molecule has 1 aliphatic heterocycles. The zero-order valence-electron chi connectivity index (χ0n) is 14.1. The van der Waals surface area contributed by atoms with Gasteiger partial charge in [-0.2, -0.15) is 0 Å². The first-order chi connectivity index (χ1) is 13.5. The lowest BCUT2D eigenvalue weighted by Crippen LogP contribution is -2.19. The number of amides is 1. The molecule has 4 rings (SSSR count). The zero-order chi connectivity index (χ0) is 19.7. The highest BCUT2D eigenvalue weighted by atomic mass is 35.5. The number of nitrogens with one attached hydrogen (secondary N) is 1. The summed E-state index contributed by atoms with van der Waals surface area (Å²) in [5.41, 5.74) is 1.35. The highest BCUT2D eigenvalue weighted by Crippen LogP contribution is 2.35. The average molecular weight is 450 g/mol. The molecule has 0 unspecified atom stereocenters. The molecule has 1 fully saturated rings. The molecule has 0 radical (unpaired) electrons. The topological polar surface area (TPSA) is 54.6 Å². The largest absolute Gasteiger partial charge is 0.457 e. The quantitative estimate of drug-likeness (QED) is 0.447. The number of hydrogen-bond acceptors (Lipinski definition) is 4. The molecule has 1 aromatic heterocycles. The highest BCUT2D eigenvalue weighted by molar-refractivity contribution is 8.18. The molecule has 1 N–H and O–H groups in total. The summed E-state index contributed by atoms with van der Waals surface area (Å²) in [6.45, 7) is 0. The minimum atomic E-state index is -0.261. The number of nitrogens with zero attached hydrogens (tertiary/aromatic N) is 1. The molecule has 140 valence electrons. The number of furan rings is 1. The number of amidine groups is 1. The van der Waals surface area contributed by atoms with Crippen molar-refractivity contribution in [1.29, 1.82) is 0 Å². The van der Waals surface area contributed by atoms with Crippen molar-refractivity contribution in [3.8, 4) is 11.3 Å². The Morgan fingerprint density at radius 3 is 2.68 bits per heavy atom. The zero-order valence-corrected chi connectivity index (χ0v) is 17.2. The van der Waals surface area contributed by atoms with E-state index in [2.05, 4.69) is 10.3 Å². The summed E-state index contributed by atoms with van der Waals surface area (Å²) in [7, 11) is 0. The number of aliphatic imine (C=N–C) groups is 1. The molecule has 4 nitrogen and oxygen atoms in total. The van der Waals surface area contributed by atoms with Crippen molar-refractivity contribution in [2.75, 3.05) is 0 Å². The Labute approximate surface area is 180 Å². The summed E-state index contributed by atoms with van der Waals surface area (Å²) in [5.74, 6) is 0.953. The maximum atomic E-state index is 12.3. The monoisotopic (exact) mass is 448 g/mol. The van der Waals surface area contributed by atoms with E-state index in [9.17, 15) is 4.79 Å². The SMILES string of the molecule is O=C1NC(=Nc2cccc(Cl)c2Cl)S/C1=C/c1ccc(-c2cccc(Cl)c2)o1. The van der Waals surface area contributed by atoms with Crippen LogP contribution in [-0.4, -0.2) is 11.1 Å². The summed E-state index contributed by atoms with van der Waals surface area (Å²) >= 11 is 19.4. The molecule has 2 heterocycles. The van der Waals surface area contributed by atoms with Gasteiger partial charge in [0, 0.05) is 16.7 Å². The van der Waals surface area contributed by atoms with Crippen LogP contribution < -0.4 is 5.32 Å². The van der Waals surface area contributed by atoms with Crippen molar-refractivity contribution in [3.63, 3.8) is 0 Å². The van der Waals surface area contributed by atoms with Gasteiger partial charge in [-0.05, 0) is 48.2 Å². The molecule has 0 bridgehead atoms. The van der Waals surface area contributed by atoms with Crippen molar-refractivity contribution in [1.82, 2.24) is 5.32 Å². The van der Waals surface area contributed by atoms with Crippen molar-refractivity contribution in [2.24, 2.45) is 4.99 Å². The molecule has 1 amide bonds. The van der Waals surface area contributed by atoms with Gasteiger partial charge in [0.1, 0.15) is 11.5 Å². The second kappa shape index (κ2) is 8.05. The Morgan fingerprint density at radius 2 is 1.86 bits per heavy atom. The minimum absolute atomic E-state index is 0.261. The van der Waals surface area contributed by atoms with E-state index in [1.165, 1.54) is 11.8 Å². The molecular formula is C20H11Cl3N2O2S. The Balaban J connectivity index is 1.57. The fraction of sp³-hybridized carbons (Fsp3) is 0. The number of halogens is 3. The van der Waals surface area contributed by atoms with Crippen LogP contribution in [0.25, 0.3) is 17.4 Å². The minimum Gasteiger partial charge on any atom is -0.457 e. The van der Waals surface area contributed by atoms with Crippen LogP contribution in [0.4, 0.5) is 5.69 Å². The van der Waals surface area contributed by atoms with Gasteiger partial charge in [0.2, 0.25) is 0 Å². The van der Waals surface area contributed by atoms with Crippen LogP contribution >= 0.6 is 46.6 Å². The normalized spacial score (nSPS) is 16.8. The maximum Gasteiger partial charge on any atom is 0.264 e. The van der Waals surface area contributed by atoms with Gasteiger partial charge in [0.25, 0.3) is 5.91 Å². The van der Waals surface area contributed by atoms with Crippen LogP contribution in [0.15, 0.2) is 68.9 Å². The van der Waals surface area contributed by atoms with E-state index in [0.717, 1.165) is 5.56 Å². The van der Waals surface area contributed by atoms with E-state index < -0.39 is 0 Å². The predicted octanol–water partition coefficient (Wildman–Crippen LogP) is 6.80. The number of carbonyl (C=O) groups is 1. The van der Waals surface area contributed by atoms with E-state index >= 15 is 0 Å². The van der Waals surface area contributed by atoms with Gasteiger partial charge in [-0.3, -0.25) is 4.79 Å². The van der Waals surface area contributed by atoms with Crippen LogP contribution in [-0.2, 0) is 4.79 Å². The predicted molar refractivity (Wildman–Crippen MR) is 116 cm³/mol. The Bertz CT molecular complexity index is 1140. The molecule has 2 aromatic carbocycles. The lowest BCUT2D eigenvalue weighted by Gasteiger charge is -2.00. The van der Waals surface area contributed by atoms with Crippen LogP contribution in [0, 0.1) is 0 Å². The Kier molecular flexibility index (Phi) is 5.51. The molecule has 0 saturated carbocycles. The third-order valence-electron chi connectivity index (χ3n) is 3.81. The summed E-state index contributed by atoms with van der Waals surface area (Å²) in [6.07, 6.45) is 1.66. The molecule has 28 heavy (non-hydrogen) atoms. The van der Waals surface area contributed by atoms with E-state index in [1.54, 1.807) is 36.4 Å². The van der Waals surface area contributed by atoms with E-state index in [4.69, 9.17) is 39.2 Å². The summed E-state index contributed by atoms with van der Waals surface area (Å²) in [5, 5.41) is 4.49. The first-order valence-electron chi connectivity index (χ1n) is 8.09. The molecule has 3 aromatic rings. The standard InChI is InChI=1S/C20H11Cl3N2O2S/c21-12-4-1-3-11(9-12)16-8-7-13(27-16)10-17-19(26)25-20(28-17)24-15-6-2-5-14(22)18(15)23/h1-10H,(H,24,25,26)/b17-10+. The van der Waals surface area contributed by atoms with E-state index in [-0.39, 0.29) is 5.91 Å². The molecular weight excluding hydrogens is 439 g/mol. The third kappa shape index (κ3) is 4.13. The van der Waals surface area contributed by atoms with E-state index in [0.29, 0.717) is 42.3 Å².